The van der Waals surface area contributed by atoms with Crippen LogP contribution in [-0.4, -0.2) is 40.0 Å². The van der Waals surface area contributed by atoms with Gasteiger partial charge in [-0.2, -0.15) is 0 Å². The number of hydrogen-bond acceptors (Lipinski definition) is 5. The van der Waals surface area contributed by atoms with Gasteiger partial charge in [0, 0.05) is 50.3 Å². The number of carbonyl (C=O) groups is 2. The second-order valence-electron chi connectivity index (χ2n) is 8.18. The Morgan fingerprint density at radius 2 is 1.39 bits per heavy atom. The summed E-state index contributed by atoms with van der Waals surface area (Å²) in [6, 6.07) is 21.9. The lowest BCUT2D eigenvalue weighted by Crippen LogP contribution is -2.32. The van der Waals surface area contributed by atoms with E-state index in [0.29, 0.717) is 27.5 Å². The summed E-state index contributed by atoms with van der Waals surface area (Å²) in [5.74, 6) is -0.789. The van der Waals surface area contributed by atoms with Crippen LogP contribution in [-0.2, 0) is 9.59 Å². The van der Waals surface area contributed by atoms with Gasteiger partial charge < -0.3 is 15.1 Å². The highest BCUT2D eigenvalue weighted by molar-refractivity contribution is 6.46. The predicted molar refractivity (Wildman–Crippen MR) is 136 cm³/mol. The van der Waals surface area contributed by atoms with Crippen molar-refractivity contribution in [3.05, 3.63) is 89.1 Å². The van der Waals surface area contributed by atoms with Crippen molar-refractivity contribution >= 4 is 51.7 Å². The molecule has 7 heteroatoms. The Labute approximate surface area is 198 Å². The van der Waals surface area contributed by atoms with Crippen molar-refractivity contribution in [1.29, 1.82) is 0 Å². The molecule has 33 heavy (non-hydrogen) atoms. The van der Waals surface area contributed by atoms with Crippen LogP contribution in [0.2, 0.25) is 5.02 Å². The van der Waals surface area contributed by atoms with Crippen LogP contribution >= 0.6 is 11.6 Å². The van der Waals surface area contributed by atoms with Crippen LogP contribution in [0.5, 0.6) is 0 Å². The minimum Gasteiger partial charge on any atom is -0.378 e. The highest BCUT2D eigenvalue weighted by Crippen LogP contribution is 2.35. The summed E-state index contributed by atoms with van der Waals surface area (Å²) >= 11 is 6.06. The molecule has 2 amide bonds. The normalized spacial score (nSPS) is 13.5. The van der Waals surface area contributed by atoms with Crippen LogP contribution in [0.25, 0.3) is 5.57 Å². The molecule has 1 N–H and O–H groups in total. The number of hydrogen-bond donors (Lipinski definition) is 1. The summed E-state index contributed by atoms with van der Waals surface area (Å²) in [5, 5.41) is 3.75. The number of imide groups is 1. The lowest BCUT2D eigenvalue weighted by atomic mass is 10.0. The van der Waals surface area contributed by atoms with Gasteiger partial charge in [-0.15, -0.1) is 0 Å². The van der Waals surface area contributed by atoms with E-state index >= 15 is 0 Å². The molecule has 0 radical (unpaired) electrons. The third kappa shape index (κ3) is 4.43. The van der Waals surface area contributed by atoms with Gasteiger partial charge in [0.15, 0.2) is 0 Å². The van der Waals surface area contributed by atoms with Gasteiger partial charge >= 0.3 is 0 Å². The van der Waals surface area contributed by atoms with Crippen LogP contribution < -0.4 is 20.0 Å². The molecule has 0 bridgehead atoms. The molecule has 0 saturated heterocycles. The zero-order valence-corrected chi connectivity index (χ0v) is 19.7. The molecule has 6 nitrogen and oxygen atoms in total. The van der Waals surface area contributed by atoms with Crippen molar-refractivity contribution in [2.75, 3.05) is 48.2 Å². The van der Waals surface area contributed by atoms with Crippen molar-refractivity contribution in [3.63, 3.8) is 0 Å². The number of amides is 2. The second-order valence-corrected chi connectivity index (χ2v) is 8.62. The summed E-state index contributed by atoms with van der Waals surface area (Å²) < 4.78 is 0. The molecule has 1 aliphatic rings. The highest BCUT2D eigenvalue weighted by Gasteiger charge is 2.40. The number of nitrogens with one attached hydrogen (secondary N) is 1. The van der Waals surface area contributed by atoms with Gasteiger partial charge in [-0.3, -0.25) is 9.59 Å². The quantitative estimate of drug-likeness (QED) is 0.532. The number of halogens is 1. The lowest BCUT2D eigenvalue weighted by molar-refractivity contribution is -0.120. The lowest BCUT2D eigenvalue weighted by Gasteiger charge is -2.19. The third-order valence-corrected chi connectivity index (χ3v) is 5.73. The number of benzene rings is 3. The van der Waals surface area contributed by atoms with Crippen LogP contribution in [0.15, 0.2) is 78.5 Å². The van der Waals surface area contributed by atoms with Crippen LogP contribution in [0.4, 0.5) is 22.7 Å². The maximum atomic E-state index is 13.6. The second kappa shape index (κ2) is 9.00. The maximum absolute atomic E-state index is 13.6. The molecule has 0 atom stereocenters. The zero-order chi connectivity index (χ0) is 23.7. The monoisotopic (exact) mass is 460 g/mol. The standard InChI is InChI=1S/C26H25ClN4O2/c1-29(2)20-14-12-19(13-15-20)28-24-23(17-8-10-18(27)11-9-17)25(32)31(26(24)33)22-7-5-6-21(16-22)30(3)4/h5-16,28H,1-4H3. The van der Waals surface area contributed by atoms with Crippen molar-refractivity contribution in [1.82, 2.24) is 0 Å². The Balaban J connectivity index is 1.78. The Kier molecular flexibility index (Phi) is 6.11. The van der Waals surface area contributed by atoms with E-state index in [-0.39, 0.29) is 11.6 Å². The van der Waals surface area contributed by atoms with E-state index < -0.39 is 5.91 Å². The van der Waals surface area contributed by atoms with Gasteiger partial charge in [0.1, 0.15) is 5.70 Å². The first kappa shape index (κ1) is 22.4. The molecular weight excluding hydrogens is 436 g/mol. The Hall–Kier alpha value is -3.77. The van der Waals surface area contributed by atoms with E-state index in [1.54, 1.807) is 30.3 Å². The van der Waals surface area contributed by atoms with Gasteiger partial charge in [-0.25, -0.2) is 4.90 Å². The maximum Gasteiger partial charge on any atom is 0.282 e. The number of nitrogens with zero attached hydrogens (tertiary/aromatic N) is 3. The van der Waals surface area contributed by atoms with Gasteiger partial charge in [-0.1, -0.05) is 29.8 Å². The number of anilines is 4. The molecule has 0 spiro atoms. The third-order valence-electron chi connectivity index (χ3n) is 5.47. The molecule has 4 rings (SSSR count). The molecular formula is C26H25ClN4O2. The van der Waals surface area contributed by atoms with Gasteiger partial charge in [0.2, 0.25) is 0 Å². The van der Waals surface area contributed by atoms with Crippen molar-refractivity contribution < 1.29 is 9.59 Å². The summed E-state index contributed by atoms with van der Waals surface area (Å²) in [6.07, 6.45) is 0. The Bertz CT molecular complexity index is 1230. The van der Waals surface area contributed by atoms with E-state index in [1.165, 1.54) is 4.90 Å². The summed E-state index contributed by atoms with van der Waals surface area (Å²) in [4.78, 5) is 32.3. The molecule has 3 aromatic carbocycles. The Morgan fingerprint density at radius 1 is 0.758 bits per heavy atom. The molecule has 1 heterocycles. The van der Waals surface area contributed by atoms with Gasteiger partial charge in [0.25, 0.3) is 11.8 Å². The minimum atomic E-state index is -0.405. The topological polar surface area (TPSA) is 55.9 Å². The first-order chi connectivity index (χ1) is 15.8. The van der Waals surface area contributed by atoms with Gasteiger partial charge in [-0.05, 0) is 60.2 Å². The van der Waals surface area contributed by atoms with Crippen LogP contribution in [0.1, 0.15) is 5.56 Å². The molecule has 1 aliphatic heterocycles. The molecule has 3 aromatic rings. The minimum absolute atomic E-state index is 0.232. The number of carbonyl (C=O) groups excluding carboxylic acids is 2. The number of rotatable bonds is 6. The van der Waals surface area contributed by atoms with E-state index in [4.69, 9.17) is 11.6 Å². The molecule has 168 valence electrons. The van der Waals surface area contributed by atoms with E-state index in [2.05, 4.69) is 5.32 Å². The van der Waals surface area contributed by atoms with Crippen molar-refractivity contribution in [2.24, 2.45) is 0 Å². The van der Waals surface area contributed by atoms with Gasteiger partial charge in [0.05, 0.1) is 11.3 Å². The SMILES string of the molecule is CN(C)c1ccc(NC2=C(c3ccc(Cl)cc3)C(=O)N(c3cccc(N(C)C)c3)C2=O)cc1. The van der Waals surface area contributed by atoms with Crippen molar-refractivity contribution in [3.8, 4) is 0 Å². The van der Waals surface area contributed by atoms with E-state index in [9.17, 15) is 9.59 Å². The van der Waals surface area contributed by atoms with Crippen molar-refractivity contribution in [2.45, 2.75) is 0 Å². The molecule has 0 saturated carbocycles. The van der Waals surface area contributed by atoms with E-state index in [1.807, 2.05) is 80.5 Å². The predicted octanol–water partition coefficient (Wildman–Crippen LogP) is 4.87. The average molecular weight is 461 g/mol. The Morgan fingerprint density at radius 3 is 2.00 bits per heavy atom. The molecule has 0 aromatic heterocycles. The first-order valence-corrected chi connectivity index (χ1v) is 10.8. The van der Waals surface area contributed by atoms with Crippen LogP contribution in [0, 0.1) is 0 Å². The fourth-order valence-electron chi connectivity index (χ4n) is 3.66. The molecule has 0 aliphatic carbocycles. The fraction of sp³-hybridized carbons (Fsp3) is 0.154. The largest absolute Gasteiger partial charge is 0.378 e. The fourth-order valence-corrected chi connectivity index (χ4v) is 3.79. The average Bonchev–Trinajstić information content (AvgIpc) is 3.04. The summed E-state index contributed by atoms with van der Waals surface area (Å²) in [7, 11) is 7.74. The van der Waals surface area contributed by atoms with Crippen LogP contribution in [0.3, 0.4) is 0 Å². The zero-order valence-electron chi connectivity index (χ0n) is 19.0. The summed E-state index contributed by atoms with van der Waals surface area (Å²) in [6.45, 7) is 0. The molecule has 0 unspecified atom stereocenters. The van der Waals surface area contributed by atoms with E-state index in [0.717, 1.165) is 11.4 Å². The molecule has 0 fully saturated rings. The summed E-state index contributed by atoms with van der Waals surface area (Å²) in [5.41, 5.74) is 4.31. The highest BCUT2D eigenvalue weighted by atomic mass is 35.5. The smallest absolute Gasteiger partial charge is 0.282 e. The first-order valence-electron chi connectivity index (χ1n) is 10.5.